The number of ketones is 3. The zero-order valence-corrected chi connectivity index (χ0v) is 26.1. The minimum atomic E-state index is -2.10. The first-order valence-corrected chi connectivity index (χ1v) is 15.3. The highest BCUT2D eigenvalue weighted by molar-refractivity contribution is 6.31. The molecule has 1 fully saturated rings. The van der Waals surface area contributed by atoms with E-state index >= 15 is 0 Å². The molecule has 3 aliphatic rings. The quantitative estimate of drug-likeness (QED) is 0.136. The lowest BCUT2D eigenvalue weighted by atomic mass is 9.72. The molecule has 2 aromatic carbocycles. The summed E-state index contributed by atoms with van der Waals surface area (Å²) in [4.78, 5) is 63.5. The van der Waals surface area contributed by atoms with Crippen LogP contribution in [0.3, 0.4) is 0 Å². The standard InChI is InChI=1S/C33H37NO13/c1-14-28(39)18(34-21(36)9-4-5-10-22(37)38)11-23(46-14)47-20-13-33(44,15(2)35)12-17-25(20)32(43)27-26(30(17)41)29(40)16-7-6-8-19(45-3)24(16)31(27)42/h6-8,14,18,20,23,28,39,41,43-44H,4-5,9-13H2,1-3H3,(H,34,36)(H,37,38)/t14-,18-,20-,23-,28+,33-/m0/s1. The first-order chi connectivity index (χ1) is 22.2. The second-order valence-electron chi connectivity index (χ2n) is 12.2. The van der Waals surface area contributed by atoms with Crippen LogP contribution < -0.4 is 10.1 Å². The van der Waals surface area contributed by atoms with Crippen LogP contribution in [0, 0.1) is 0 Å². The molecule has 0 unspecified atom stereocenters. The fourth-order valence-corrected chi connectivity index (χ4v) is 6.61. The second kappa shape index (κ2) is 13.0. The minimum absolute atomic E-state index is 0.0256. The van der Waals surface area contributed by atoms with Gasteiger partial charge in [-0.2, -0.15) is 0 Å². The van der Waals surface area contributed by atoms with Crippen molar-refractivity contribution in [2.45, 2.75) is 95.0 Å². The Morgan fingerprint density at radius 2 is 1.72 bits per heavy atom. The molecule has 6 N–H and O–H groups in total. The van der Waals surface area contributed by atoms with Gasteiger partial charge in [0.2, 0.25) is 11.7 Å². The molecule has 6 atom stereocenters. The number of aliphatic hydroxyl groups excluding tert-OH is 1. The number of amides is 1. The van der Waals surface area contributed by atoms with Crippen LogP contribution in [0.15, 0.2) is 18.2 Å². The first-order valence-electron chi connectivity index (χ1n) is 15.3. The van der Waals surface area contributed by atoms with Gasteiger partial charge in [-0.1, -0.05) is 12.1 Å². The summed E-state index contributed by atoms with van der Waals surface area (Å²) in [6, 6.07) is 3.50. The number of rotatable bonds is 10. The van der Waals surface area contributed by atoms with Crippen molar-refractivity contribution in [2.75, 3.05) is 7.11 Å². The summed E-state index contributed by atoms with van der Waals surface area (Å²) in [6.07, 6.45) is -4.98. The number of benzene rings is 2. The molecule has 0 spiro atoms. The largest absolute Gasteiger partial charge is 0.507 e. The maximum atomic E-state index is 13.8. The number of Topliss-reactive ketones (excluding diaryl/α,β-unsaturated/α-hetero) is 1. The van der Waals surface area contributed by atoms with Crippen molar-refractivity contribution in [3.05, 3.63) is 51.6 Å². The molecule has 47 heavy (non-hydrogen) atoms. The molecular weight excluding hydrogens is 618 g/mol. The number of methoxy groups -OCH3 is 1. The number of aromatic hydroxyl groups is 2. The Kier molecular flexibility index (Phi) is 9.42. The smallest absolute Gasteiger partial charge is 0.303 e. The molecule has 2 aliphatic carbocycles. The lowest BCUT2D eigenvalue weighted by Gasteiger charge is -2.42. The molecule has 14 nitrogen and oxygen atoms in total. The van der Waals surface area contributed by atoms with E-state index in [4.69, 9.17) is 19.3 Å². The van der Waals surface area contributed by atoms with Crippen molar-refractivity contribution in [1.29, 1.82) is 0 Å². The van der Waals surface area contributed by atoms with Crippen molar-refractivity contribution in [3.63, 3.8) is 0 Å². The van der Waals surface area contributed by atoms with Gasteiger partial charge in [0.25, 0.3) is 0 Å². The van der Waals surface area contributed by atoms with Crippen molar-refractivity contribution in [3.8, 4) is 17.2 Å². The summed E-state index contributed by atoms with van der Waals surface area (Å²) >= 11 is 0. The number of nitrogens with one attached hydrogen (secondary N) is 1. The van der Waals surface area contributed by atoms with Gasteiger partial charge in [0.1, 0.15) is 29.0 Å². The Balaban J connectivity index is 1.49. The van der Waals surface area contributed by atoms with Crippen molar-refractivity contribution < 1.29 is 63.7 Å². The Bertz CT molecular complexity index is 1650. The monoisotopic (exact) mass is 655 g/mol. The van der Waals surface area contributed by atoms with E-state index in [2.05, 4.69) is 5.32 Å². The van der Waals surface area contributed by atoms with Gasteiger partial charge < -0.3 is 45.1 Å². The minimum Gasteiger partial charge on any atom is -0.507 e. The number of carbonyl (C=O) groups is 5. The van der Waals surface area contributed by atoms with Crippen molar-refractivity contribution >= 4 is 29.2 Å². The molecular formula is C33H37NO13. The van der Waals surface area contributed by atoms with E-state index in [0.717, 1.165) is 6.92 Å². The fraction of sp³-hybridized carbons (Fsp3) is 0.485. The number of carboxylic acid groups (broad SMARTS) is 1. The van der Waals surface area contributed by atoms with E-state index in [1.807, 2.05) is 0 Å². The summed E-state index contributed by atoms with van der Waals surface area (Å²) < 4.78 is 17.3. The van der Waals surface area contributed by atoms with Crippen LogP contribution in [0.5, 0.6) is 17.2 Å². The zero-order valence-electron chi connectivity index (χ0n) is 26.1. The highest BCUT2D eigenvalue weighted by Crippen LogP contribution is 2.52. The molecule has 2 aromatic rings. The number of phenols is 2. The average molecular weight is 656 g/mol. The number of carbonyl (C=O) groups excluding carboxylic acids is 4. The Labute approximate surface area is 269 Å². The number of carboxylic acids is 1. The predicted molar refractivity (Wildman–Crippen MR) is 160 cm³/mol. The van der Waals surface area contributed by atoms with Gasteiger partial charge in [-0.15, -0.1) is 0 Å². The summed E-state index contributed by atoms with van der Waals surface area (Å²) in [5, 5.41) is 56.8. The van der Waals surface area contributed by atoms with Gasteiger partial charge in [0.05, 0.1) is 42.0 Å². The molecule has 1 aliphatic heterocycles. The third-order valence-electron chi connectivity index (χ3n) is 9.14. The maximum absolute atomic E-state index is 13.8. The van der Waals surface area contributed by atoms with E-state index in [1.54, 1.807) is 6.92 Å². The molecule has 0 bridgehead atoms. The maximum Gasteiger partial charge on any atom is 0.303 e. The van der Waals surface area contributed by atoms with Crippen LogP contribution >= 0.6 is 0 Å². The number of fused-ring (bicyclic) bond motifs is 3. The first kappa shape index (κ1) is 34.0. The van der Waals surface area contributed by atoms with Gasteiger partial charge in [0.15, 0.2) is 17.9 Å². The summed E-state index contributed by atoms with van der Waals surface area (Å²) in [5.74, 6) is -4.89. The SMILES string of the molecule is COc1cccc2c1C(=O)c1c(O)c3c(c(O)c1C2=O)C[C@@](O)(C(C)=O)C[C@@H]3O[C@H]1C[C@H](NC(=O)CCCCC(=O)O)[C@H](O)[C@H](C)O1. The van der Waals surface area contributed by atoms with Crippen LogP contribution in [0.4, 0.5) is 0 Å². The number of hydrogen-bond donors (Lipinski definition) is 6. The van der Waals surface area contributed by atoms with Crippen molar-refractivity contribution in [2.24, 2.45) is 0 Å². The predicted octanol–water partition coefficient (Wildman–Crippen LogP) is 1.83. The highest BCUT2D eigenvalue weighted by Gasteiger charge is 2.49. The van der Waals surface area contributed by atoms with E-state index < -0.39 is 101 Å². The average Bonchev–Trinajstić information content (AvgIpc) is 3.01. The molecule has 1 amide bonds. The number of hydrogen-bond acceptors (Lipinski definition) is 12. The summed E-state index contributed by atoms with van der Waals surface area (Å²) in [6.45, 7) is 2.69. The van der Waals surface area contributed by atoms with Gasteiger partial charge >= 0.3 is 5.97 Å². The Morgan fingerprint density at radius 1 is 1.04 bits per heavy atom. The van der Waals surface area contributed by atoms with Crippen molar-refractivity contribution in [1.82, 2.24) is 5.32 Å². The topological polar surface area (TPSA) is 226 Å². The van der Waals surface area contributed by atoms with E-state index in [-0.39, 0.29) is 47.3 Å². The van der Waals surface area contributed by atoms with Crippen LogP contribution in [0.1, 0.15) is 101 Å². The fourth-order valence-electron chi connectivity index (χ4n) is 6.61. The Morgan fingerprint density at radius 3 is 2.38 bits per heavy atom. The molecule has 14 heteroatoms. The number of ether oxygens (including phenoxy) is 3. The van der Waals surface area contributed by atoms with Crippen LogP contribution in [-0.2, 0) is 30.3 Å². The van der Waals surface area contributed by atoms with E-state index in [0.29, 0.717) is 12.8 Å². The molecule has 1 saturated heterocycles. The number of aliphatic carboxylic acids is 1. The van der Waals surface area contributed by atoms with Crippen LogP contribution in [0.25, 0.3) is 0 Å². The van der Waals surface area contributed by atoms with Gasteiger partial charge in [-0.05, 0) is 32.8 Å². The molecule has 1 heterocycles. The third-order valence-corrected chi connectivity index (χ3v) is 9.14. The number of unbranched alkanes of at least 4 members (excludes halogenated alkanes) is 1. The molecule has 0 aromatic heterocycles. The number of aliphatic hydroxyl groups is 2. The lowest BCUT2D eigenvalue weighted by molar-refractivity contribution is -0.249. The molecule has 0 radical (unpaired) electrons. The third kappa shape index (κ3) is 6.21. The van der Waals surface area contributed by atoms with Gasteiger partial charge in [0, 0.05) is 48.8 Å². The molecule has 5 rings (SSSR count). The van der Waals surface area contributed by atoms with E-state index in [1.165, 1.54) is 25.3 Å². The highest BCUT2D eigenvalue weighted by atomic mass is 16.7. The van der Waals surface area contributed by atoms with Crippen LogP contribution in [0.2, 0.25) is 0 Å². The lowest BCUT2D eigenvalue weighted by Crippen LogP contribution is -2.55. The summed E-state index contributed by atoms with van der Waals surface area (Å²) in [7, 11) is 1.32. The summed E-state index contributed by atoms with van der Waals surface area (Å²) in [5.41, 5.74) is -3.48. The van der Waals surface area contributed by atoms with Crippen LogP contribution in [-0.4, -0.2) is 92.0 Å². The normalized spacial score (nSPS) is 26.5. The molecule has 0 saturated carbocycles. The zero-order chi connectivity index (χ0) is 34.4. The number of phenolic OH excluding ortho intramolecular Hbond substituents is 2. The van der Waals surface area contributed by atoms with Gasteiger partial charge in [-0.25, -0.2) is 0 Å². The second-order valence-corrected chi connectivity index (χ2v) is 12.2. The van der Waals surface area contributed by atoms with Gasteiger partial charge in [-0.3, -0.25) is 24.0 Å². The van der Waals surface area contributed by atoms with E-state index in [9.17, 15) is 44.4 Å². The Hall–Kier alpha value is -4.37. The molecule has 252 valence electrons.